The van der Waals surface area contributed by atoms with E-state index in [9.17, 15) is 18.7 Å². The van der Waals surface area contributed by atoms with Crippen LogP contribution in [0.3, 0.4) is 0 Å². The van der Waals surface area contributed by atoms with E-state index in [-0.39, 0.29) is 12.3 Å². The number of benzene rings is 1. The zero-order chi connectivity index (χ0) is 13.9. The number of nitrogens with one attached hydrogen (secondary N) is 2. The van der Waals surface area contributed by atoms with Crippen molar-refractivity contribution < 1.29 is 18.7 Å². The third-order valence-corrected chi connectivity index (χ3v) is 3.42. The Morgan fingerprint density at radius 2 is 2.00 bits per heavy atom. The summed E-state index contributed by atoms with van der Waals surface area (Å²) in [5.41, 5.74) is -0.717. The molecule has 1 aliphatic carbocycles. The molecule has 1 aromatic carbocycles. The van der Waals surface area contributed by atoms with Crippen molar-refractivity contribution in [3.05, 3.63) is 29.8 Å². The van der Waals surface area contributed by atoms with Crippen LogP contribution in [0.5, 0.6) is 0 Å². The van der Waals surface area contributed by atoms with E-state index in [4.69, 9.17) is 0 Å². The van der Waals surface area contributed by atoms with Crippen LogP contribution >= 0.6 is 0 Å². The Hall–Kier alpha value is -1.69. The molecule has 1 aromatic rings. The Balaban J connectivity index is 2.01. The van der Waals surface area contributed by atoms with E-state index in [1.807, 2.05) is 0 Å². The van der Waals surface area contributed by atoms with Crippen LogP contribution in [0.4, 0.5) is 19.3 Å². The SMILES string of the molecule is O=C(Nc1ccc(F)cc1F)NC1(CO)CCCC1. The highest BCUT2D eigenvalue weighted by atomic mass is 19.1. The highest BCUT2D eigenvalue weighted by Gasteiger charge is 2.34. The van der Waals surface area contributed by atoms with E-state index in [0.717, 1.165) is 25.0 Å². The van der Waals surface area contributed by atoms with Crippen LogP contribution in [0.15, 0.2) is 18.2 Å². The number of anilines is 1. The number of urea groups is 1. The lowest BCUT2D eigenvalue weighted by molar-refractivity contribution is 0.167. The second-order valence-corrected chi connectivity index (χ2v) is 4.85. The second-order valence-electron chi connectivity index (χ2n) is 4.85. The van der Waals surface area contributed by atoms with Crippen LogP contribution in [0.1, 0.15) is 25.7 Å². The molecule has 0 saturated heterocycles. The van der Waals surface area contributed by atoms with Crippen LogP contribution in [-0.4, -0.2) is 23.3 Å². The van der Waals surface area contributed by atoms with Crippen molar-refractivity contribution in [3.8, 4) is 0 Å². The highest BCUT2D eigenvalue weighted by Crippen LogP contribution is 2.29. The molecule has 0 atom stereocenters. The van der Waals surface area contributed by atoms with Crippen molar-refractivity contribution in [2.75, 3.05) is 11.9 Å². The Morgan fingerprint density at radius 3 is 2.58 bits per heavy atom. The average Bonchev–Trinajstić information content (AvgIpc) is 2.82. The summed E-state index contributed by atoms with van der Waals surface area (Å²) in [6, 6.07) is 2.33. The Bertz CT molecular complexity index is 474. The summed E-state index contributed by atoms with van der Waals surface area (Å²) in [6.07, 6.45) is 3.27. The average molecular weight is 270 g/mol. The monoisotopic (exact) mass is 270 g/mol. The molecule has 0 bridgehead atoms. The number of halogens is 2. The van der Waals surface area contributed by atoms with E-state index < -0.39 is 23.2 Å². The topological polar surface area (TPSA) is 61.4 Å². The van der Waals surface area contributed by atoms with Gasteiger partial charge in [-0.25, -0.2) is 13.6 Å². The number of aliphatic hydroxyl groups is 1. The molecule has 1 fully saturated rings. The molecule has 0 aliphatic heterocycles. The maximum absolute atomic E-state index is 13.4. The fourth-order valence-electron chi connectivity index (χ4n) is 2.36. The van der Waals surface area contributed by atoms with Crippen molar-refractivity contribution in [1.29, 1.82) is 0 Å². The van der Waals surface area contributed by atoms with Gasteiger partial charge in [-0.05, 0) is 25.0 Å². The van der Waals surface area contributed by atoms with Gasteiger partial charge in [0.2, 0.25) is 0 Å². The molecule has 1 aliphatic rings. The summed E-state index contributed by atoms with van der Waals surface area (Å²) in [5, 5.41) is 14.3. The number of carbonyl (C=O) groups excluding carboxylic acids is 1. The van der Waals surface area contributed by atoms with Crippen LogP contribution in [0.2, 0.25) is 0 Å². The smallest absolute Gasteiger partial charge is 0.319 e. The summed E-state index contributed by atoms with van der Waals surface area (Å²) in [4.78, 5) is 11.8. The lowest BCUT2D eigenvalue weighted by atomic mass is 9.99. The van der Waals surface area contributed by atoms with E-state index in [1.165, 1.54) is 0 Å². The summed E-state index contributed by atoms with van der Waals surface area (Å²) in [5.74, 6) is -1.54. The number of hydrogen-bond acceptors (Lipinski definition) is 2. The maximum atomic E-state index is 13.4. The van der Waals surface area contributed by atoms with Crippen LogP contribution in [0.25, 0.3) is 0 Å². The molecule has 2 amide bonds. The van der Waals surface area contributed by atoms with E-state index in [1.54, 1.807) is 0 Å². The molecular weight excluding hydrogens is 254 g/mol. The Morgan fingerprint density at radius 1 is 1.32 bits per heavy atom. The molecule has 0 unspecified atom stereocenters. The Kier molecular flexibility index (Phi) is 3.99. The Labute approximate surface area is 109 Å². The van der Waals surface area contributed by atoms with Gasteiger partial charge in [-0.1, -0.05) is 12.8 Å². The van der Waals surface area contributed by atoms with Gasteiger partial charge in [0.25, 0.3) is 0 Å². The molecular formula is C13H16F2N2O2. The van der Waals surface area contributed by atoms with Crippen LogP contribution in [0, 0.1) is 11.6 Å². The van der Waals surface area contributed by atoms with Crippen molar-refractivity contribution in [3.63, 3.8) is 0 Å². The maximum Gasteiger partial charge on any atom is 0.319 e. The number of aliphatic hydroxyl groups excluding tert-OH is 1. The summed E-state index contributed by atoms with van der Waals surface area (Å²) in [7, 11) is 0. The molecule has 3 N–H and O–H groups in total. The first-order valence-electron chi connectivity index (χ1n) is 6.20. The number of rotatable bonds is 3. The lowest BCUT2D eigenvalue weighted by Crippen LogP contribution is -2.50. The van der Waals surface area contributed by atoms with Gasteiger partial charge in [-0.2, -0.15) is 0 Å². The molecule has 19 heavy (non-hydrogen) atoms. The first-order chi connectivity index (χ1) is 9.04. The lowest BCUT2D eigenvalue weighted by Gasteiger charge is -2.28. The fraction of sp³-hybridized carbons (Fsp3) is 0.462. The molecule has 0 radical (unpaired) electrons. The summed E-state index contributed by atoms with van der Waals surface area (Å²) in [6.45, 7) is -0.147. The zero-order valence-corrected chi connectivity index (χ0v) is 10.4. The number of hydrogen-bond donors (Lipinski definition) is 3. The first kappa shape index (κ1) is 13.7. The molecule has 0 spiro atoms. The van der Waals surface area contributed by atoms with Crippen molar-refractivity contribution in [2.45, 2.75) is 31.2 Å². The molecule has 6 heteroatoms. The molecule has 0 aromatic heterocycles. The third-order valence-electron chi connectivity index (χ3n) is 3.42. The molecule has 104 valence electrons. The van der Waals surface area contributed by atoms with Gasteiger partial charge in [0.1, 0.15) is 11.6 Å². The van der Waals surface area contributed by atoms with Gasteiger partial charge in [-0.15, -0.1) is 0 Å². The molecule has 2 rings (SSSR count). The predicted octanol–water partition coefficient (Wildman–Crippen LogP) is 2.39. The van der Waals surface area contributed by atoms with Gasteiger partial charge >= 0.3 is 6.03 Å². The summed E-state index contributed by atoms with van der Waals surface area (Å²) < 4.78 is 26.1. The van der Waals surface area contributed by atoms with Crippen molar-refractivity contribution in [2.24, 2.45) is 0 Å². The second kappa shape index (κ2) is 5.52. The number of carbonyl (C=O) groups is 1. The fourth-order valence-corrected chi connectivity index (χ4v) is 2.36. The largest absolute Gasteiger partial charge is 0.394 e. The molecule has 0 heterocycles. The minimum Gasteiger partial charge on any atom is -0.394 e. The van der Waals surface area contributed by atoms with E-state index >= 15 is 0 Å². The van der Waals surface area contributed by atoms with E-state index in [2.05, 4.69) is 10.6 Å². The molecule has 4 nitrogen and oxygen atoms in total. The van der Waals surface area contributed by atoms with Gasteiger partial charge in [0, 0.05) is 6.07 Å². The van der Waals surface area contributed by atoms with Crippen LogP contribution in [-0.2, 0) is 0 Å². The van der Waals surface area contributed by atoms with Gasteiger partial charge in [0.05, 0.1) is 17.8 Å². The highest BCUT2D eigenvalue weighted by molar-refractivity contribution is 5.89. The van der Waals surface area contributed by atoms with Crippen molar-refractivity contribution >= 4 is 11.7 Å². The minimum absolute atomic E-state index is 0.0926. The van der Waals surface area contributed by atoms with Gasteiger partial charge in [-0.3, -0.25) is 0 Å². The number of amides is 2. The van der Waals surface area contributed by atoms with E-state index in [0.29, 0.717) is 18.9 Å². The predicted molar refractivity (Wildman–Crippen MR) is 66.8 cm³/mol. The van der Waals surface area contributed by atoms with Gasteiger partial charge < -0.3 is 15.7 Å². The van der Waals surface area contributed by atoms with Gasteiger partial charge in [0.15, 0.2) is 0 Å². The summed E-state index contributed by atoms with van der Waals surface area (Å²) >= 11 is 0. The standard InChI is InChI=1S/C13H16F2N2O2/c14-9-3-4-11(10(15)7-9)16-12(19)17-13(8-18)5-1-2-6-13/h3-4,7,18H,1-2,5-6,8H2,(H2,16,17,19). The minimum atomic E-state index is -0.834. The molecule has 1 saturated carbocycles. The van der Waals surface area contributed by atoms with Crippen LogP contribution < -0.4 is 10.6 Å². The first-order valence-corrected chi connectivity index (χ1v) is 6.20. The van der Waals surface area contributed by atoms with Crippen molar-refractivity contribution in [1.82, 2.24) is 5.32 Å². The normalized spacial score (nSPS) is 17.2. The third kappa shape index (κ3) is 3.20. The quantitative estimate of drug-likeness (QED) is 0.789. The zero-order valence-electron chi connectivity index (χ0n) is 10.4.